The molecule has 10 rings (SSSR count). The molecule has 0 bridgehead atoms. The highest BCUT2D eigenvalue weighted by Gasteiger charge is 2.35. The molecule has 2 fully saturated rings. The lowest BCUT2D eigenvalue weighted by Gasteiger charge is -2.23. The van der Waals surface area contributed by atoms with Gasteiger partial charge in [-0.15, -0.1) is 20.5 Å². The molecule has 75 heavy (non-hydrogen) atoms. The van der Waals surface area contributed by atoms with Crippen molar-refractivity contribution in [3.05, 3.63) is 140 Å². The fourth-order valence-corrected chi connectivity index (χ4v) is 11.7. The summed E-state index contributed by atoms with van der Waals surface area (Å²) >= 11 is 2.54. The largest absolute Gasteiger partial charge is 0.399 e. The second-order valence-electron chi connectivity index (χ2n) is 17.9. The fraction of sp³-hybridized carbons (Fsp3) is 0.296. The topological polar surface area (TPSA) is 209 Å². The van der Waals surface area contributed by atoms with Crippen molar-refractivity contribution < 1.29 is 36.0 Å². The van der Waals surface area contributed by atoms with Gasteiger partial charge in [0, 0.05) is 86.0 Å². The van der Waals surface area contributed by atoms with Gasteiger partial charge in [-0.1, -0.05) is 71.2 Å². The molecule has 0 radical (unpaired) electrons. The highest BCUT2D eigenvalue weighted by molar-refractivity contribution is 7.81. The van der Waals surface area contributed by atoms with E-state index in [1.165, 1.54) is 22.7 Å². The molecule has 0 N–H and O–H groups in total. The van der Waals surface area contributed by atoms with Crippen LogP contribution in [-0.2, 0) is 18.8 Å². The monoisotopic (exact) mass is 1060 g/mol. The highest BCUT2D eigenvalue weighted by Crippen LogP contribution is 2.40. The summed E-state index contributed by atoms with van der Waals surface area (Å²) in [6, 6.07) is 28.4. The summed E-state index contributed by atoms with van der Waals surface area (Å²) in [4.78, 5) is 71.8. The molecule has 4 aromatic carbocycles. The Labute approximate surface area is 442 Å². The Kier molecular flexibility index (Phi) is 15.4. The Morgan fingerprint density at radius 2 is 0.880 bits per heavy atom. The number of nitrogens with zero attached hydrogens (tertiary/aromatic N) is 10. The molecule has 0 atom stereocenters. The van der Waals surface area contributed by atoms with Gasteiger partial charge in [-0.25, -0.2) is 8.37 Å². The van der Waals surface area contributed by atoms with Gasteiger partial charge in [-0.05, 0) is 100 Å². The molecule has 4 aliphatic rings. The molecule has 0 amide bonds. The number of hydrogen-bond donors (Lipinski definition) is 0. The van der Waals surface area contributed by atoms with Crippen LogP contribution >= 0.6 is 22.7 Å². The zero-order chi connectivity index (χ0) is 52.1. The lowest BCUT2D eigenvalue weighted by molar-refractivity contribution is 0.0975. The number of anilines is 4. The molecule has 18 nitrogen and oxygen atoms in total. The third kappa shape index (κ3) is 11.3. The van der Waals surface area contributed by atoms with Crippen LogP contribution in [0.15, 0.2) is 129 Å². The maximum atomic E-state index is 13.2. The van der Waals surface area contributed by atoms with Crippen LogP contribution < -0.4 is 19.6 Å². The summed E-state index contributed by atoms with van der Waals surface area (Å²) in [5.41, 5.74) is 4.69. The number of benzene rings is 4. The van der Waals surface area contributed by atoms with Gasteiger partial charge in [0.05, 0.1) is 45.5 Å². The molecule has 2 aliphatic carbocycles. The van der Waals surface area contributed by atoms with Gasteiger partial charge in [0.2, 0.25) is 10.3 Å². The summed E-state index contributed by atoms with van der Waals surface area (Å²) in [5, 5.41) is 18.5. The first-order chi connectivity index (χ1) is 36.5. The minimum absolute atomic E-state index is 0.120. The molecule has 0 spiro atoms. The van der Waals surface area contributed by atoms with Gasteiger partial charge in [0.15, 0.2) is 23.1 Å². The summed E-state index contributed by atoms with van der Waals surface area (Å²) in [6.07, 6.45) is 7.36. The van der Waals surface area contributed by atoms with E-state index in [0.29, 0.717) is 78.4 Å². The second-order valence-corrected chi connectivity index (χ2v) is 21.2. The maximum absolute atomic E-state index is 13.2. The second kappa shape index (κ2) is 22.6. The van der Waals surface area contributed by atoms with E-state index >= 15 is 0 Å². The summed E-state index contributed by atoms with van der Waals surface area (Å²) < 4.78 is 36.1. The lowest BCUT2D eigenvalue weighted by atomic mass is 10.1. The van der Waals surface area contributed by atoms with Gasteiger partial charge in [-0.3, -0.25) is 19.2 Å². The SMILES string of the molecule is CCN(CCOS(=O)(=O)OCCN(CC)c1ccc(/N=N/c2nc(N3CCCC3)c(C=C3C(=O)c4ccccc4C3=O)s2)cc1)c1ccc(/N=N/c2nc(N3CCCC3)c(C=C3C(=O)c4ccccc4C3=O)s2)cc1. The Balaban J connectivity index is 0.703. The minimum atomic E-state index is -4.30. The van der Waals surface area contributed by atoms with E-state index in [-0.39, 0.29) is 60.6 Å². The predicted octanol–water partition coefficient (Wildman–Crippen LogP) is 11.2. The molecular formula is C54H52N10O8S3. The van der Waals surface area contributed by atoms with E-state index in [1.807, 2.05) is 47.9 Å². The van der Waals surface area contributed by atoms with Crippen LogP contribution in [0, 0.1) is 0 Å². The Morgan fingerprint density at radius 1 is 0.533 bits per heavy atom. The van der Waals surface area contributed by atoms with Crippen LogP contribution in [0.4, 0.5) is 44.6 Å². The molecule has 2 saturated heterocycles. The minimum Gasteiger partial charge on any atom is -0.369 e. The van der Waals surface area contributed by atoms with E-state index in [2.05, 4.69) is 30.3 Å². The van der Waals surface area contributed by atoms with Gasteiger partial charge < -0.3 is 19.6 Å². The molecule has 2 aromatic heterocycles. The van der Waals surface area contributed by atoms with E-state index in [1.54, 1.807) is 84.9 Å². The highest BCUT2D eigenvalue weighted by atomic mass is 32.3. The molecule has 21 heteroatoms. The van der Waals surface area contributed by atoms with Crippen LogP contribution in [0.5, 0.6) is 0 Å². The molecule has 0 unspecified atom stereocenters. The van der Waals surface area contributed by atoms with E-state index in [0.717, 1.165) is 63.2 Å². The first-order valence-electron chi connectivity index (χ1n) is 24.9. The van der Waals surface area contributed by atoms with Crippen LogP contribution in [0.25, 0.3) is 12.2 Å². The van der Waals surface area contributed by atoms with Gasteiger partial charge in [0.25, 0.3) is 0 Å². The number of azo groups is 2. The van der Waals surface area contributed by atoms with Gasteiger partial charge in [-0.2, -0.15) is 18.4 Å². The molecular weight excluding hydrogens is 1010 g/mol. The van der Waals surface area contributed by atoms with Crippen molar-refractivity contribution in [1.29, 1.82) is 0 Å². The molecule has 2 aliphatic heterocycles. The van der Waals surface area contributed by atoms with Crippen LogP contribution in [0.1, 0.15) is 90.7 Å². The number of Topliss-reactive ketones (excluding diaryl/α,β-unsaturated/α-hetero) is 4. The normalized spacial score (nSPS) is 15.6. The van der Waals surface area contributed by atoms with Crippen molar-refractivity contribution in [2.75, 3.05) is 85.2 Å². The van der Waals surface area contributed by atoms with Crippen LogP contribution in [0.2, 0.25) is 0 Å². The van der Waals surface area contributed by atoms with Crippen molar-refractivity contribution >= 4 is 113 Å². The van der Waals surface area contributed by atoms with E-state index in [9.17, 15) is 27.6 Å². The number of ketones is 4. The average molecular weight is 1070 g/mol. The quantitative estimate of drug-likeness (QED) is 0.0396. The van der Waals surface area contributed by atoms with Crippen molar-refractivity contribution in [2.45, 2.75) is 39.5 Å². The first kappa shape index (κ1) is 51.1. The number of fused-ring (bicyclic) bond motifs is 2. The van der Waals surface area contributed by atoms with E-state index in [4.69, 9.17) is 18.3 Å². The molecule has 4 heterocycles. The Bertz CT molecular complexity index is 3100. The molecule has 6 aromatic rings. The zero-order valence-corrected chi connectivity index (χ0v) is 43.7. The Morgan fingerprint density at radius 3 is 1.21 bits per heavy atom. The fourth-order valence-electron chi connectivity index (χ4n) is 9.41. The zero-order valence-electron chi connectivity index (χ0n) is 41.3. The number of hydrogen-bond acceptors (Lipinski definition) is 20. The third-order valence-electron chi connectivity index (χ3n) is 13.3. The number of thiazole rings is 2. The number of carbonyl (C=O) groups is 4. The standard InChI is InChI=1S/C54H52N10O8S3/c1-3-61(37-21-17-35(18-22-37)57-59-53-55-51(63-25-9-10-26-63)45(73-53)33-43-47(65)39-13-5-6-14-40(39)48(43)66)29-31-71-75(69,70)72-32-30-62(4-2)38-23-19-36(20-24-38)58-60-54-56-52(64-27-11-12-28-64)46(74-54)34-44-49(67)41-15-7-8-16-42(41)50(44)68/h5-8,13-24,33-34H,3-4,9-12,25-32H2,1-2H3/b59-57+,60-58+. The summed E-state index contributed by atoms with van der Waals surface area (Å²) in [5.74, 6) is 0.197. The van der Waals surface area contributed by atoms with Crippen LogP contribution in [0.3, 0.4) is 0 Å². The molecule has 384 valence electrons. The Hall–Kier alpha value is -7.43. The predicted molar refractivity (Wildman–Crippen MR) is 291 cm³/mol. The molecule has 0 saturated carbocycles. The van der Waals surface area contributed by atoms with Crippen molar-refractivity contribution in [3.63, 3.8) is 0 Å². The smallest absolute Gasteiger partial charge is 0.369 e. The summed E-state index contributed by atoms with van der Waals surface area (Å²) in [6.45, 7) is 8.62. The van der Waals surface area contributed by atoms with Crippen molar-refractivity contribution in [2.24, 2.45) is 20.5 Å². The van der Waals surface area contributed by atoms with Gasteiger partial charge >= 0.3 is 10.4 Å². The number of aromatic nitrogens is 2. The van der Waals surface area contributed by atoms with Crippen molar-refractivity contribution in [1.82, 2.24) is 9.97 Å². The average Bonchev–Trinajstić information content (AvgIpc) is 4.32. The van der Waals surface area contributed by atoms with E-state index < -0.39 is 10.4 Å². The first-order valence-corrected chi connectivity index (χ1v) is 27.8. The van der Waals surface area contributed by atoms with Crippen LogP contribution in [-0.4, -0.2) is 107 Å². The maximum Gasteiger partial charge on any atom is 0.399 e. The number of rotatable bonds is 20. The summed E-state index contributed by atoms with van der Waals surface area (Å²) in [7, 11) is -4.30. The third-order valence-corrected chi connectivity index (χ3v) is 16.0. The number of allylic oxidation sites excluding steroid dienone is 2. The lowest BCUT2D eigenvalue weighted by Crippen LogP contribution is -2.30. The number of carbonyl (C=O) groups excluding carboxylic acids is 4. The van der Waals surface area contributed by atoms with Crippen molar-refractivity contribution in [3.8, 4) is 0 Å². The number of likely N-dealkylation sites (N-methyl/N-ethyl adjacent to an activating group) is 2. The van der Waals surface area contributed by atoms with Gasteiger partial charge in [0.1, 0.15) is 11.6 Å².